The fraction of sp³-hybridized carbons (Fsp3) is 0.190. The highest BCUT2D eigenvalue weighted by Gasteiger charge is 2.11. The second kappa shape index (κ2) is 8.67. The monoisotopic (exact) mass is 394 g/mol. The molecule has 6 nitrogen and oxygen atoms in total. The van der Waals surface area contributed by atoms with E-state index >= 15 is 0 Å². The number of aryl methyl sites for hydroxylation is 3. The van der Waals surface area contributed by atoms with Crippen molar-refractivity contribution in [2.24, 2.45) is 0 Å². The lowest BCUT2D eigenvalue weighted by atomic mass is 10.1. The normalized spacial score (nSPS) is 10.4. The zero-order chi connectivity index (χ0) is 20.1. The molecule has 0 fully saturated rings. The highest BCUT2D eigenvalue weighted by atomic mass is 32.1. The van der Waals surface area contributed by atoms with Gasteiger partial charge in [0.1, 0.15) is 0 Å². The van der Waals surface area contributed by atoms with Gasteiger partial charge in [-0.15, -0.1) is 11.3 Å². The first-order valence-electron chi connectivity index (χ1n) is 8.85. The third-order valence-corrected chi connectivity index (χ3v) is 4.89. The van der Waals surface area contributed by atoms with Gasteiger partial charge in [-0.25, -0.2) is 9.78 Å². The standard InChI is InChI=1S/C21H22N4O2S/c1-13-4-7-16(8-5-13)22-20(27)25-21-23-17(12-28-21)11-19(26)24-18-9-6-14(2)10-15(18)3/h4-10,12H,11H2,1-3H3,(H,24,26)(H2,22,23,25,27). The number of aromatic nitrogens is 1. The number of anilines is 3. The summed E-state index contributed by atoms with van der Waals surface area (Å²) in [5.74, 6) is -0.145. The van der Waals surface area contributed by atoms with Gasteiger partial charge in [0, 0.05) is 16.8 Å². The Bertz CT molecular complexity index is 996. The van der Waals surface area contributed by atoms with Crippen molar-refractivity contribution < 1.29 is 9.59 Å². The van der Waals surface area contributed by atoms with Crippen LogP contribution < -0.4 is 16.0 Å². The van der Waals surface area contributed by atoms with Gasteiger partial charge in [0.2, 0.25) is 5.91 Å². The molecule has 144 valence electrons. The minimum Gasteiger partial charge on any atom is -0.326 e. The minimum absolute atomic E-state index is 0.144. The summed E-state index contributed by atoms with van der Waals surface area (Å²) in [6.45, 7) is 5.95. The highest BCUT2D eigenvalue weighted by molar-refractivity contribution is 7.14. The van der Waals surface area contributed by atoms with Crippen LogP contribution >= 0.6 is 11.3 Å². The number of nitrogens with zero attached hydrogens (tertiary/aromatic N) is 1. The molecule has 3 aromatic rings. The summed E-state index contributed by atoms with van der Waals surface area (Å²) in [4.78, 5) is 28.7. The van der Waals surface area contributed by atoms with E-state index in [4.69, 9.17) is 0 Å². The number of nitrogens with one attached hydrogen (secondary N) is 3. The average Bonchev–Trinajstić information content (AvgIpc) is 3.06. The second-order valence-electron chi connectivity index (χ2n) is 6.63. The fourth-order valence-electron chi connectivity index (χ4n) is 2.65. The lowest BCUT2D eigenvalue weighted by Crippen LogP contribution is -2.19. The molecule has 28 heavy (non-hydrogen) atoms. The maximum atomic E-state index is 12.3. The minimum atomic E-state index is -0.371. The molecule has 3 rings (SSSR count). The first kappa shape index (κ1) is 19.6. The van der Waals surface area contributed by atoms with E-state index in [2.05, 4.69) is 20.9 Å². The van der Waals surface area contributed by atoms with Gasteiger partial charge in [0.25, 0.3) is 0 Å². The Morgan fingerprint density at radius 1 is 0.929 bits per heavy atom. The van der Waals surface area contributed by atoms with E-state index in [1.165, 1.54) is 11.3 Å². The van der Waals surface area contributed by atoms with E-state index < -0.39 is 0 Å². The summed E-state index contributed by atoms with van der Waals surface area (Å²) in [5.41, 5.74) is 5.39. The van der Waals surface area contributed by atoms with Crippen LogP contribution in [0.1, 0.15) is 22.4 Å². The molecule has 1 heterocycles. The van der Waals surface area contributed by atoms with E-state index in [1.807, 2.05) is 63.2 Å². The topological polar surface area (TPSA) is 83.1 Å². The molecule has 0 aliphatic heterocycles. The Morgan fingerprint density at radius 3 is 2.36 bits per heavy atom. The van der Waals surface area contributed by atoms with Crippen LogP contribution in [0.4, 0.5) is 21.3 Å². The van der Waals surface area contributed by atoms with E-state index in [0.29, 0.717) is 16.5 Å². The predicted molar refractivity (Wildman–Crippen MR) is 114 cm³/mol. The molecule has 0 radical (unpaired) electrons. The number of amides is 3. The molecule has 0 unspecified atom stereocenters. The number of hydrogen-bond donors (Lipinski definition) is 3. The molecular weight excluding hydrogens is 372 g/mol. The molecule has 3 amide bonds. The zero-order valence-corrected chi connectivity index (χ0v) is 16.8. The van der Waals surface area contributed by atoms with Crippen LogP contribution in [0.2, 0.25) is 0 Å². The number of carbonyl (C=O) groups is 2. The first-order chi connectivity index (χ1) is 13.4. The van der Waals surface area contributed by atoms with Gasteiger partial charge in [-0.1, -0.05) is 35.4 Å². The second-order valence-corrected chi connectivity index (χ2v) is 7.49. The van der Waals surface area contributed by atoms with Gasteiger partial charge in [-0.3, -0.25) is 10.1 Å². The van der Waals surface area contributed by atoms with Gasteiger partial charge in [0.15, 0.2) is 5.13 Å². The third-order valence-electron chi connectivity index (χ3n) is 4.08. The molecule has 0 spiro atoms. The molecule has 0 atom stereocenters. The summed E-state index contributed by atoms with van der Waals surface area (Å²) < 4.78 is 0. The van der Waals surface area contributed by atoms with Crippen LogP contribution in [0.15, 0.2) is 47.8 Å². The van der Waals surface area contributed by atoms with Gasteiger partial charge in [0.05, 0.1) is 12.1 Å². The third kappa shape index (κ3) is 5.40. The number of thiazole rings is 1. The van der Waals surface area contributed by atoms with E-state index in [0.717, 1.165) is 22.4 Å². The number of benzene rings is 2. The van der Waals surface area contributed by atoms with Crippen LogP contribution in [0.5, 0.6) is 0 Å². The predicted octanol–water partition coefficient (Wildman–Crippen LogP) is 4.89. The van der Waals surface area contributed by atoms with Crippen LogP contribution in [-0.2, 0) is 11.2 Å². The van der Waals surface area contributed by atoms with Crippen LogP contribution in [0.25, 0.3) is 0 Å². The average molecular weight is 395 g/mol. The Kier molecular flexibility index (Phi) is 6.06. The van der Waals surface area contributed by atoms with Gasteiger partial charge in [-0.05, 0) is 44.5 Å². The summed E-state index contributed by atoms with van der Waals surface area (Å²) in [7, 11) is 0. The van der Waals surface area contributed by atoms with Crippen molar-refractivity contribution in [2.45, 2.75) is 27.2 Å². The maximum absolute atomic E-state index is 12.3. The quantitative estimate of drug-likeness (QED) is 0.576. The summed E-state index contributed by atoms with van der Waals surface area (Å²) >= 11 is 1.28. The number of carbonyl (C=O) groups excluding carboxylic acids is 2. The Balaban J connectivity index is 1.53. The van der Waals surface area contributed by atoms with Crippen molar-refractivity contribution in [3.63, 3.8) is 0 Å². The number of urea groups is 1. The van der Waals surface area contributed by atoms with E-state index in [9.17, 15) is 9.59 Å². The van der Waals surface area contributed by atoms with Crippen molar-refractivity contribution in [1.82, 2.24) is 4.98 Å². The summed E-state index contributed by atoms with van der Waals surface area (Å²) in [6, 6.07) is 13.0. The summed E-state index contributed by atoms with van der Waals surface area (Å²) in [5, 5.41) is 10.5. The Morgan fingerprint density at radius 2 is 1.64 bits per heavy atom. The SMILES string of the molecule is Cc1ccc(NC(=O)Nc2nc(CC(=O)Nc3ccc(C)cc3C)cs2)cc1. The molecule has 0 saturated carbocycles. The van der Waals surface area contributed by atoms with Crippen molar-refractivity contribution in [3.8, 4) is 0 Å². The molecule has 3 N–H and O–H groups in total. The van der Waals surface area contributed by atoms with Crippen molar-refractivity contribution in [3.05, 3.63) is 70.2 Å². The molecule has 0 aliphatic rings. The number of rotatable bonds is 5. The Hall–Kier alpha value is -3.19. The van der Waals surface area contributed by atoms with E-state index in [1.54, 1.807) is 5.38 Å². The molecular formula is C21H22N4O2S. The molecule has 0 bridgehead atoms. The fourth-order valence-corrected chi connectivity index (χ4v) is 3.36. The highest BCUT2D eigenvalue weighted by Crippen LogP contribution is 2.19. The first-order valence-corrected chi connectivity index (χ1v) is 9.73. The molecule has 7 heteroatoms. The van der Waals surface area contributed by atoms with Gasteiger partial charge < -0.3 is 10.6 Å². The van der Waals surface area contributed by atoms with Crippen molar-refractivity contribution >= 4 is 39.8 Å². The lowest BCUT2D eigenvalue weighted by molar-refractivity contribution is -0.115. The smallest absolute Gasteiger partial charge is 0.325 e. The van der Waals surface area contributed by atoms with Crippen molar-refractivity contribution in [2.75, 3.05) is 16.0 Å². The van der Waals surface area contributed by atoms with Crippen molar-refractivity contribution in [1.29, 1.82) is 0 Å². The molecule has 0 aliphatic carbocycles. The molecule has 0 saturated heterocycles. The van der Waals surface area contributed by atoms with E-state index in [-0.39, 0.29) is 18.4 Å². The maximum Gasteiger partial charge on any atom is 0.325 e. The van der Waals surface area contributed by atoms with Crippen LogP contribution in [0.3, 0.4) is 0 Å². The number of hydrogen-bond acceptors (Lipinski definition) is 4. The molecule has 2 aromatic carbocycles. The van der Waals surface area contributed by atoms with Crippen LogP contribution in [0, 0.1) is 20.8 Å². The Labute approximate surface area is 168 Å². The largest absolute Gasteiger partial charge is 0.326 e. The van der Waals surface area contributed by atoms with Crippen LogP contribution in [-0.4, -0.2) is 16.9 Å². The summed E-state index contributed by atoms with van der Waals surface area (Å²) in [6.07, 6.45) is 0.144. The zero-order valence-electron chi connectivity index (χ0n) is 16.0. The lowest BCUT2D eigenvalue weighted by Gasteiger charge is -2.08. The van der Waals surface area contributed by atoms with Gasteiger partial charge in [-0.2, -0.15) is 0 Å². The van der Waals surface area contributed by atoms with Gasteiger partial charge >= 0.3 is 6.03 Å². The molecule has 1 aromatic heterocycles.